The molecule has 5 aromatic rings. The first-order valence-electron chi connectivity index (χ1n) is 11.9. The van der Waals surface area contributed by atoms with Crippen molar-refractivity contribution < 1.29 is 0 Å². The summed E-state index contributed by atoms with van der Waals surface area (Å²) in [7, 11) is 0. The highest BCUT2D eigenvalue weighted by Crippen LogP contribution is 2.31. The fourth-order valence-electron chi connectivity index (χ4n) is 4.78. The van der Waals surface area contributed by atoms with Crippen LogP contribution in [0.4, 0.5) is 5.69 Å². The van der Waals surface area contributed by atoms with Crippen molar-refractivity contribution in [3.63, 3.8) is 0 Å². The highest BCUT2D eigenvalue weighted by atomic mass is 15.2. The van der Waals surface area contributed by atoms with Crippen molar-refractivity contribution in [3.05, 3.63) is 89.6 Å². The number of piperazine rings is 1. The van der Waals surface area contributed by atoms with Gasteiger partial charge in [-0.3, -0.25) is 14.5 Å². The van der Waals surface area contributed by atoms with Crippen molar-refractivity contribution in [1.82, 2.24) is 24.8 Å². The first-order valence-corrected chi connectivity index (χ1v) is 11.9. The molecule has 0 bridgehead atoms. The van der Waals surface area contributed by atoms with Crippen molar-refractivity contribution >= 4 is 27.6 Å². The minimum atomic E-state index is 0.664. The van der Waals surface area contributed by atoms with Gasteiger partial charge in [-0.15, -0.1) is 0 Å². The normalized spacial score (nSPS) is 13.4. The van der Waals surface area contributed by atoms with Gasteiger partial charge in [0.05, 0.1) is 28.5 Å². The van der Waals surface area contributed by atoms with Crippen LogP contribution >= 0.6 is 0 Å². The van der Waals surface area contributed by atoms with Crippen LogP contribution < -0.4 is 10.2 Å². The number of rotatable bonds is 2. The summed E-state index contributed by atoms with van der Waals surface area (Å²) in [5.41, 5.74) is 6.93. The predicted molar refractivity (Wildman–Crippen MR) is 141 cm³/mol. The molecular formula is C29H23N7. The third-order valence-corrected chi connectivity index (χ3v) is 6.48. The maximum atomic E-state index is 9.97. The molecule has 3 aromatic heterocycles. The van der Waals surface area contributed by atoms with Gasteiger partial charge < -0.3 is 10.2 Å². The lowest BCUT2D eigenvalue weighted by atomic mass is 10.1. The molecule has 0 amide bonds. The number of pyridine rings is 2. The minimum Gasteiger partial charge on any atom is -0.368 e. The Bertz CT molecular complexity index is 1700. The third kappa shape index (κ3) is 3.92. The number of hydrogen-bond acceptors (Lipinski definition) is 6. The number of aryl methyl sites for hydroxylation is 1. The van der Waals surface area contributed by atoms with Gasteiger partial charge in [0, 0.05) is 60.8 Å². The standard InChI is InChI=1S/C29H23N7/c1-20-34-27-19-33-26-8-6-21(4-5-22-3-2-10-32-18-22)15-25(26)29(27)36(20)24-7-9-28(23(16-24)17-30)35-13-11-31-12-14-35/h2-3,6-10,15-16,18-19,31H,11-14H2,1H3. The monoisotopic (exact) mass is 469 g/mol. The first-order chi connectivity index (χ1) is 17.7. The van der Waals surface area contributed by atoms with Crippen LogP contribution in [-0.4, -0.2) is 45.7 Å². The van der Waals surface area contributed by atoms with E-state index in [1.165, 1.54) is 0 Å². The van der Waals surface area contributed by atoms with Gasteiger partial charge in [-0.05, 0) is 55.5 Å². The maximum Gasteiger partial charge on any atom is 0.111 e. The summed E-state index contributed by atoms with van der Waals surface area (Å²) in [6, 6.07) is 18.3. The molecule has 0 spiro atoms. The average molecular weight is 470 g/mol. The molecule has 174 valence electrons. The molecule has 1 N–H and O–H groups in total. The molecule has 0 saturated carbocycles. The van der Waals surface area contributed by atoms with E-state index in [0.29, 0.717) is 5.56 Å². The summed E-state index contributed by atoms with van der Waals surface area (Å²) in [5, 5.41) is 14.3. The lowest BCUT2D eigenvalue weighted by molar-refractivity contribution is 0.589. The second-order valence-electron chi connectivity index (χ2n) is 8.76. The molecule has 6 rings (SSSR count). The Morgan fingerprint density at radius 1 is 0.944 bits per heavy atom. The van der Waals surface area contributed by atoms with E-state index >= 15 is 0 Å². The van der Waals surface area contributed by atoms with Crippen molar-refractivity contribution in [2.45, 2.75) is 6.92 Å². The van der Waals surface area contributed by atoms with Gasteiger partial charge >= 0.3 is 0 Å². The molecule has 0 radical (unpaired) electrons. The van der Waals surface area contributed by atoms with E-state index in [4.69, 9.17) is 4.98 Å². The number of hydrogen-bond donors (Lipinski definition) is 1. The van der Waals surface area contributed by atoms with Crippen molar-refractivity contribution in [2.75, 3.05) is 31.1 Å². The Hall–Kier alpha value is -4.72. The molecule has 1 saturated heterocycles. The highest BCUT2D eigenvalue weighted by molar-refractivity contribution is 6.03. The number of benzene rings is 2. The van der Waals surface area contributed by atoms with Gasteiger partial charge in [-0.1, -0.05) is 11.8 Å². The van der Waals surface area contributed by atoms with E-state index in [9.17, 15) is 5.26 Å². The largest absolute Gasteiger partial charge is 0.368 e. The maximum absolute atomic E-state index is 9.97. The molecule has 7 heteroatoms. The third-order valence-electron chi connectivity index (χ3n) is 6.48. The van der Waals surface area contributed by atoms with Crippen LogP contribution in [0.1, 0.15) is 22.5 Å². The Labute approximate surface area is 209 Å². The summed E-state index contributed by atoms with van der Waals surface area (Å²) in [6.07, 6.45) is 5.30. The number of aromatic nitrogens is 4. The van der Waals surface area contributed by atoms with Crippen LogP contribution in [0.5, 0.6) is 0 Å². The topological polar surface area (TPSA) is 82.7 Å². The van der Waals surface area contributed by atoms with E-state index < -0.39 is 0 Å². The van der Waals surface area contributed by atoms with Gasteiger partial charge in [-0.2, -0.15) is 5.26 Å². The summed E-state index contributed by atoms with van der Waals surface area (Å²) < 4.78 is 2.11. The molecule has 0 unspecified atom stereocenters. The zero-order valence-electron chi connectivity index (χ0n) is 19.9. The van der Waals surface area contributed by atoms with Gasteiger partial charge in [-0.25, -0.2) is 4.98 Å². The van der Waals surface area contributed by atoms with Gasteiger partial charge in [0.25, 0.3) is 0 Å². The van der Waals surface area contributed by atoms with E-state index in [2.05, 4.69) is 60.9 Å². The lowest BCUT2D eigenvalue weighted by Crippen LogP contribution is -2.43. The molecule has 1 aliphatic heterocycles. The van der Waals surface area contributed by atoms with Gasteiger partial charge in [0.1, 0.15) is 17.4 Å². The van der Waals surface area contributed by atoms with E-state index in [1.807, 2.05) is 43.5 Å². The molecule has 2 aromatic carbocycles. The van der Waals surface area contributed by atoms with Crippen LogP contribution in [0.15, 0.2) is 67.1 Å². The lowest BCUT2D eigenvalue weighted by Gasteiger charge is -2.30. The first kappa shape index (κ1) is 21.8. The van der Waals surface area contributed by atoms with E-state index in [-0.39, 0.29) is 0 Å². The minimum absolute atomic E-state index is 0.664. The van der Waals surface area contributed by atoms with Crippen LogP contribution in [0.3, 0.4) is 0 Å². The van der Waals surface area contributed by atoms with Crippen molar-refractivity contribution in [1.29, 1.82) is 5.26 Å². The quantitative estimate of drug-likeness (QED) is 0.394. The fraction of sp³-hybridized carbons (Fsp3) is 0.172. The number of imidazole rings is 1. The Morgan fingerprint density at radius 2 is 1.81 bits per heavy atom. The number of nitrogens with one attached hydrogen (secondary N) is 1. The van der Waals surface area contributed by atoms with Gasteiger partial charge in [0.15, 0.2) is 0 Å². The average Bonchev–Trinajstić information content (AvgIpc) is 3.28. The SMILES string of the molecule is Cc1nc2cnc3ccc(C#Cc4cccnc4)cc3c2n1-c1ccc(N2CCNCC2)c(C#N)c1. The van der Waals surface area contributed by atoms with E-state index in [1.54, 1.807) is 12.4 Å². The number of nitriles is 1. The van der Waals surface area contributed by atoms with Crippen molar-refractivity contribution in [2.24, 2.45) is 0 Å². The summed E-state index contributed by atoms with van der Waals surface area (Å²) in [4.78, 5) is 15.8. The Morgan fingerprint density at radius 3 is 2.61 bits per heavy atom. The second kappa shape index (κ2) is 9.14. The number of anilines is 1. The molecule has 1 fully saturated rings. The summed E-state index contributed by atoms with van der Waals surface area (Å²) >= 11 is 0. The molecule has 36 heavy (non-hydrogen) atoms. The number of fused-ring (bicyclic) bond motifs is 3. The van der Waals surface area contributed by atoms with Crippen LogP contribution in [-0.2, 0) is 0 Å². The Kier molecular flexibility index (Phi) is 5.53. The van der Waals surface area contributed by atoms with Crippen molar-refractivity contribution in [3.8, 4) is 23.6 Å². The van der Waals surface area contributed by atoms with Gasteiger partial charge in [0.2, 0.25) is 0 Å². The molecule has 7 nitrogen and oxygen atoms in total. The zero-order chi connectivity index (χ0) is 24.5. The highest BCUT2D eigenvalue weighted by Gasteiger charge is 2.18. The van der Waals surface area contributed by atoms with Crippen LogP contribution in [0, 0.1) is 30.1 Å². The Balaban J connectivity index is 1.49. The molecule has 1 aliphatic rings. The predicted octanol–water partition coefficient (Wildman–Crippen LogP) is 3.96. The second-order valence-corrected chi connectivity index (χ2v) is 8.76. The smallest absolute Gasteiger partial charge is 0.111 e. The fourth-order valence-corrected chi connectivity index (χ4v) is 4.78. The number of nitrogens with zero attached hydrogens (tertiary/aromatic N) is 6. The summed E-state index contributed by atoms with van der Waals surface area (Å²) in [5.74, 6) is 7.26. The molecule has 0 aliphatic carbocycles. The molecule has 4 heterocycles. The van der Waals surface area contributed by atoms with Crippen LogP contribution in [0.25, 0.3) is 27.6 Å². The van der Waals surface area contributed by atoms with Crippen LogP contribution in [0.2, 0.25) is 0 Å². The summed E-state index contributed by atoms with van der Waals surface area (Å²) in [6.45, 7) is 5.60. The molecule has 0 atom stereocenters. The molecular weight excluding hydrogens is 446 g/mol. The zero-order valence-corrected chi connectivity index (χ0v) is 19.9. The van der Waals surface area contributed by atoms with E-state index in [0.717, 1.165) is 76.4 Å².